The molecule has 0 aliphatic rings. The van der Waals surface area contributed by atoms with Crippen LogP contribution in [0.25, 0.3) is 0 Å². The van der Waals surface area contributed by atoms with Crippen molar-refractivity contribution in [3.63, 3.8) is 0 Å². The van der Waals surface area contributed by atoms with Gasteiger partial charge in [-0.1, -0.05) is 17.8 Å². The number of hydrogen-bond acceptors (Lipinski definition) is 6. The Hall–Kier alpha value is -2.92. The number of nitrogens with zero attached hydrogens (tertiary/aromatic N) is 3. The van der Waals surface area contributed by atoms with E-state index in [1.807, 2.05) is 0 Å². The van der Waals surface area contributed by atoms with Gasteiger partial charge in [0.25, 0.3) is 0 Å². The summed E-state index contributed by atoms with van der Waals surface area (Å²) in [6.45, 7) is 0. The second kappa shape index (κ2) is 6.02. The van der Waals surface area contributed by atoms with Gasteiger partial charge >= 0.3 is 11.7 Å². The zero-order valence-corrected chi connectivity index (χ0v) is 11.2. The van der Waals surface area contributed by atoms with E-state index in [4.69, 9.17) is 10.4 Å². The van der Waals surface area contributed by atoms with Gasteiger partial charge in [-0.15, -0.1) is 0 Å². The van der Waals surface area contributed by atoms with Crippen LogP contribution in [0.4, 0.5) is 5.69 Å². The Kier molecular flexibility index (Phi) is 4.15. The molecule has 1 aromatic carbocycles. The first-order valence-corrected chi connectivity index (χ1v) is 6.39. The molecule has 1 aromatic heterocycles. The van der Waals surface area contributed by atoms with E-state index in [1.54, 1.807) is 6.07 Å². The number of rotatable bonds is 4. The summed E-state index contributed by atoms with van der Waals surface area (Å²) in [5, 5.41) is 29.2. The van der Waals surface area contributed by atoms with E-state index in [2.05, 4.69) is 4.98 Å². The zero-order valence-electron chi connectivity index (χ0n) is 10.4. The Balaban J connectivity index is 2.45. The molecule has 1 heterocycles. The first kappa shape index (κ1) is 14.5. The molecule has 0 atom stereocenters. The van der Waals surface area contributed by atoms with Crippen molar-refractivity contribution in [1.29, 1.82) is 5.26 Å². The molecule has 0 radical (unpaired) electrons. The monoisotopic (exact) mass is 301 g/mol. The minimum Gasteiger partial charge on any atom is -0.478 e. The van der Waals surface area contributed by atoms with Crippen molar-refractivity contribution in [3.8, 4) is 6.07 Å². The molecule has 21 heavy (non-hydrogen) atoms. The van der Waals surface area contributed by atoms with E-state index in [9.17, 15) is 14.9 Å². The second-order valence-corrected chi connectivity index (χ2v) is 4.87. The number of aromatic nitrogens is 1. The predicted octanol–water partition coefficient (Wildman–Crippen LogP) is 2.71. The van der Waals surface area contributed by atoms with Crippen LogP contribution in [-0.2, 0) is 0 Å². The Labute approximate surface area is 123 Å². The van der Waals surface area contributed by atoms with Gasteiger partial charge < -0.3 is 5.11 Å². The fraction of sp³-hybridized carbons (Fsp3) is 0. The van der Waals surface area contributed by atoms with Gasteiger partial charge in [0.15, 0.2) is 0 Å². The normalized spacial score (nSPS) is 9.86. The fourth-order valence-electron chi connectivity index (χ4n) is 1.59. The van der Waals surface area contributed by atoms with Crippen LogP contribution in [0.1, 0.15) is 15.9 Å². The van der Waals surface area contributed by atoms with Gasteiger partial charge in [0.1, 0.15) is 16.7 Å². The number of aromatic carboxylic acids is 1. The molecular formula is C13H7N3O4S. The summed E-state index contributed by atoms with van der Waals surface area (Å²) >= 11 is 0.936. The van der Waals surface area contributed by atoms with Gasteiger partial charge in [0, 0.05) is 6.20 Å². The van der Waals surface area contributed by atoms with Crippen LogP contribution in [0.3, 0.4) is 0 Å². The number of carboxylic acid groups (broad SMARTS) is 1. The summed E-state index contributed by atoms with van der Waals surface area (Å²) in [5.41, 5.74) is -0.335. The van der Waals surface area contributed by atoms with E-state index in [-0.39, 0.29) is 21.7 Å². The van der Waals surface area contributed by atoms with Crippen LogP contribution in [0.5, 0.6) is 0 Å². The van der Waals surface area contributed by atoms with E-state index in [0.717, 1.165) is 11.8 Å². The van der Waals surface area contributed by atoms with Crippen molar-refractivity contribution in [2.45, 2.75) is 9.92 Å². The van der Waals surface area contributed by atoms with Crippen LogP contribution in [0, 0.1) is 21.4 Å². The number of nitro benzene ring substituents is 1. The van der Waals surface area contributed by atoms with Crippen molar-refractivity contribution >= 4 is 23.4 Å². The lowest BCUT2D eigenvalue weighted by Crippen LogP contribution is -1.98. The van der Waals surface area contributed by atoms with E-state index in [0.29, 0.717) is 5.03 Å². The molecule has 8 heteroatoms. The predicted molar refractivity (Wildman–Crippen MR) is 73.1 cm³/mol. The molecule has 1 N–H and O–H groups in total. The van der Waals surface area contributed by atoms with Gasteiger partial charge in [0.05, 0.1) is 15.4 Å². The quantitative estimate of drug-likeness (QED) is 0.681. The lowest BCUT2D eigenvalue weighted by molar-refractivity contribution is -0.388. The van der Waals surface area contributed by atoms with Crippen LogP contribution in [-0.4, -0.2) is 21.0 Å². The number of nitriles is 1. The zero-order chi connectivity index (χ0) is 15.4. The summed E-state index contributed by atoms with van der Waals surface area (Å²) in [7, 11) is 0. The third-order valence-corrected chi connectivity index (χ3v) is 3.48. The largest absolute Gasteiger partial charge is 0.478 e. The Morgan fingerprint density at radius 3 is 2.81 bits per heavy atom. The number of carboxylic acids is 1. The molecule has 0 fully saturated rings. The molecule has 2 aromatic rings. The molecule has 0 saturated carbocycles. The third-order valence-electron chi connectivity index (χ3n) is 2.50. The van der Waals surface area contributed by atoms with E-state index < -0.39 is 10.9 Å². The van der Waals surface area contributed by atoms with Crippen LogP contribution in [0.2, 0.25) is 0 Å². The molecule has 0 spiro atoms. The summed E-state index contributed by atoms with van der Waals surface area (Å²) in [6.07, 6.45) is 1.31. The fourth-order valence-corrected chi connectivity index (χ4v) is 2.55. The van der Waals surface area contributed by atoms with Crippen molar-refractivity contribution in [1.82, 2.24) is 4.98 Å². The summed E-state index contributed by atoms with van der Waals surface area (Å²) < 4.78 is 0. The minimum atomic E-state index is -1.11. The maximum absolute atomic E-state index is 11.1. The Morgan fingerprint density at radius 2 is 2.19 bits per heavy atom. The molecule has 0 saturated heterocycles. The van der Waals surface area contributed by atoms with Crippen molar-refractivity contribution in [2.24, 2.45) is 0 Å². The van der Waals surface area contributed by atoms with Gasteiger partial charge in [-0.05, 0) is 24.3 Å². The van der Waals surface area contributed by atoms with Crippen molar-refractivity contribution in [3.05, 3.63) is 57.8 Å². The number of benzene rings is 1. The smallest absolute Gasteiger partial charge is 0.335 e. The molecule has 0 aliphatic carbocycles. The Morgan fingerprint density at radius 1 is 1.43 bits per heavy atom. The highest BCUT2D eigenvalue weighted by Gasteiger charge is 2.20. The number of carbonyl (C=O) groups is 1. The average Bonchev–Trinajstić information content (AvgIpc) is 2.46. The van der Waals surface area contributed by atoms with Gasteiger partial charge in [0.2, 0.25) is 0 Å². The van der Waals surface area contributed by atoms with Crippen LogP contribution in [0.15, 0.2) is 46.5 Å². The molecule has 0 amide bonds. The number of para-hydroxylation sites is 1. The maximum Gasteiger partial charge on any atom is 0.335 e. The van der Waals surface area contributed by atoms with Crippen LogP contribution < -0.4 is 0 Å². The second-order valence-electron chi connectivity index (χ2n) is 3.81. The molecule has 2 rings (SSSR count). The Bertz CT molecular complexity index is 770. The van der Waals surface area contributed by atoms with Gasteiger partial charge in [-0.25, -0.2) is 9.78 Å². The molecule has 0 unspecified atom stereocenters. The van der Waals surface area contributed by atoms with Gasteiger partial charge in [-0.2, -0.15) is 5.26 Å². The number of pyridine rings is 1. The average molecular weight is 301 g/mol. The van der Waals surface area contributed by atoms with Crippen molar-refractivity contribution < 1.29 is 14.8 Å². The molecule has 7 nitrogen and oxygen atoms in total. The van der Waals surface area contributed by atoms with Crippen molar-refractivity contribution in [2.75, 3.05) is 0 Å². The molecular weight excluding hydrogens is 294 g/mol. The standard InChI is InChI=1S/C13H7N3O4S/c14-7-9-2-1-3-10(12(9)16(19)20)21-11-6-8(13(17)18)4-5-15-11/h1-6H,(H,17,18). The highest BCUT2D eigenvalue weighted by atomic mass is 32.2. The highest BCUT2D eigenvalue weighted by molar-refractivity contribution is 7.99. The minimum absolute atomic E-state index is 0.0339. The first-order chi connectivity index (χ1) is 10.0. The third kappa shape index (κ3) is 3.16. The lowest BCUT2D eigenvalue weighted by Gasteiger charge is -2.04. The SMILES string of the molecule is N#Cc1cccc(Sc2cc(C(=O)O)ccn2)c1[N+](=O)[O-]. The number of hydrogen-bond donors (Lipinski definition) is 1. The van der Waals surface area contributed by atoms with E-state index >= 15 is 0 Å². The number of nitro groups is 1. The topological polar surface area (TPSA) is 117 Å². The van der Waals surface area contributed by atoms with Crippen LogP contribution >= 0.6 is 11.8 Å². The summed E-state index contributed by atoms with van der Waals surface area (Å²) in [6, 6.07) is 8.76. The molecule has 0 aliphatic heterocycles. The maximum atomic E-state index is 11.1. The summed E-state index contributed by atoms with van der Waals surface area (Å²) in [5.74, 6) is -1.11. The first-order valence-electron chi connectivity index (χ1n) is 5.57. The molecule has 104 valence electrons. The summed E-state index contributed by atoms with van der Waals surface area (Å²) in [4.78, 5) is 25.5. The van der Waals surface area contributed by atoms with E-state index in [1.165, 1.54) is 36.5 Å². The van der Waals surface area contributed by atoms with Gasteiger partial charge in [-0.3, -0.25) is 10.1 Å². The molecule has 0 bridgehead atoms. The lowest BCUT2D eigenvalue weighted by atomic mass is 10.2. The highest BCUT2D eigenvalue weighted by Crippen LogP contribution is 2.35.